The molecule has 9 heteroatoms. The molecule has 2 aliphatic rings. The lowest BCUT2D eigenvalue weighted by Gasteiger charge is -2.28. The van der Waals surface area contributed by atoms with Crippen molar-refractivity contribution in [2.24, 2.45) is 0 Å². The molecule has 0 amide bonds. The number of methoxy groups -OCH3 is 1. The van der Waals surface area contributed by atoms with Crippen LogP contribution in [0.5, 0.6) is 23.0 Å². The van der Waals surface area contributed by atoms with E-state index in [1.807, 2.05) is 36.4 Å². The van der Waals surface area contributed by atoms with Crippen molar-refractivity contribution in [3.8, 4) is 34.1 Å². The van der Waals surface area contributed by atoms with Crippen LogP contribution in [0.4, 0.5) is 0 Å². The molecule has 1 atom stereocenters. The minimum absolute atomic E-state index is 0.202. The van der Waals surface area contributed by atoms with Crippen LogP contribution < -0.4 is 18.9 Å². The molecule has 2 N–H and O–H groups in total. The van der Waals surface area contributed by atoms with Crippen LogP contribution in [0, 0.1) is 0 Å². The van der Waals surface area contributed by atoms with Crippen LogP contribution in [-0.2, 0) is 9.53 Å². The van der Waals surface area contributed by atoms with Gasteiger partial charge in [0.25, 0.3) is 6.47 Å². The molecule has 0 radical (unpaired) electrons. The summed E-state index contributed by atoms with van der Waals surface area (Å²) in [5.74, 6) is 2.70. The number of rotatable bonds is 7. The summed E-state index contributed by atoms with van der Waals surface area (Å²) in [7, 11) is 1.62. The van der Waals surface area contributed by atoms with Gasteiger partial charge in [0.1, 0.15) is 24.2 Å². The molecule has 168 valence electrons. The minimum atomic E-state index is -0.579. The highest BCUT2D eigenvalue weighted by molar-refractivity contribution is 5.78. The van der Waals surface area contributed by atoms with Crippen molar-refractivity contribution in [2.45, 2.75) is 6.10 Å². The number of ether oxygens (including phenoxy) is 5. The zero-order valence-electron chi connectivity index (χ0n) is 17.4. The first kappa shape index (κ1) is 22.7. The number of benzene rings is 2. The second-order valence-electron chi connectivity index (χ2n) is 6.89. The molecule has 0 saturated carbocycles. The summed E-state index contributed by atoms with van der Waals surface area (Å²) in [6.45, 7) is 3.82. The average molecular weight is 433 g/mol. The summed E-state index contributed by atoms with van der Waals surface area (Å²) in [4.78, 5) is 10.5. The van der Waals surface area contributed by atoms with Crippen molar-refractivity contribution < 1.29 is 38.7 Å². The Morgan fingerprint density at radius 1 is 1.10 bits per heavy atom. The van der Waals surface area contributed by atoms with Crippen molar-refractivity contribution in [3.63, 3.8) is 0 Å². The van der Waals surface area contributed by atoms with E-state index >= 15 is 0 Å². The predicted molar refractivity (Wildman–Crippen MR) is 112 cm³/mol. The largest absolute Gasteiger partial charge is 0.496 e. The number of hydrogen-bond acceptors (Lipinski definition) is 8. The first-order valence-electron chi connectivity index (χ1n) is 9.92. The van der Waals surface area contributed by atoms with Crippen molar-refractivity contribution in [1.29, 1.82) is 0 Å². The van der Waals surface area contributed by atoms with E-state index < -0.39 is 6.10 Å². The highest BCUT2D eigenvalue weighted by Crippen LogP contribution is 2.44. The molecular weight excluding hydrogens is 406 g/mol. The topological polar surface area (TPSA) is 107 Å². The maximum atomic E-state index is 10.4. The van der Waals surface area contributed by atoms with Crippen LogP contribution in [0.3, 0.4) is 0 Å². The van der Waals surface area contributed by atoms with E-state index in [-0.39, 0.29) is 19.9 Å². The van der Waals surface area contributed by atoms with Gasteiger partial charge < -0.3 is 33.9 Å². The highest BCUT2D eigenvalue weighted by Gasteiger charge is 2.21. The van der Waals surface area contributed by atoms with Crippen LogP contribution in [0.2, 0.25) is 0 Å². The second-order valence-corrected chi connectivity index (χ2v) is 6.89. The number of β-amino-alcohol motifs (C(OH)–C–C–N with tert-alkyl or cyclic N) is 1. The average Bonchev–Trinajstić information content (AvgIpc) is 3.26. The summed E-state index contributed by atoms with van der Waals surface area (Å²) in [5, 5.41) is 17.3. The summed E-state index contributed by atoms with van der Waals surface area (Å²) in [6, 6.07) is 11.4. The third-order valence-corrected chi connectivity index (χ3v) is 4.88. The minimum Gasteiger partial charge on any atom is -0.496 e. The third kappa shape index (κ3) is 6.00. The van der Waals surface area contributed by atoms with Gasteiger partial charge in [-0.3, -0.25) is 9.69 Å². The van der Waals surface area contributed by atoms with E-state index in [4.69, 9.17) is 33.6 Å². The third-order valence-electron chi connectivity index (χ3n) is 4.88. The van der Waals surface area contributed by atoms with Gasteiger partial charge in [-0.1, -0.05) is 18.2 Å². The molecule has 0 bridgehead atoms. The van der Waals surface area contributed by atoms with Gasteiger partial charge in [-0.25, -0.2) is 0 Å². The van der Waals surface area contributed by atoms with Gasteiger partial charge in [0.15, 0.2) is 11.5 Å². The second kappa shape index (κ2) is 11.4. The monoisotopic (exact) mass is 433 g/mol. The fraction of sp³-hybridized carbons (Fsp3) is 0.409. The van der Waals surface area contributed by atoms with Crippen molar-refractivity contribution in [1.82, 2.24) is 4.90 Å². The lowest BCUT2D eigenvalue weighted by atomic mass is 10.0. The van der Waals surface area contributed by atoms with E-state index in [2.05, 4.69) is 4.90 Å². The Labute approximate surface area is 180 Å². The molecule has 0 aromatic heterocycles. The van der Waals surface area contributed by atoms with Crippen LogP contribution in [0.25, 0.3) is 11.1 Å². The Hall–Kier alpha value is -3.01. The summed E-state index contributed by atoms with van der Waals surface area (Å²) in [6.07, 6.45) is -0.579. The number of aliphatic hydroxyl groups excluding tert-OH is 1. The lowest BCUT2D eigenvalue weighted by Crippen LogP contribution is -2.42. The number of hydrogen-bond donors (Lipinski definition) is 2. The molecule has 1 fully saturated rings. The Balaban J connectivity index is 0.000000858. The highest BCUT2D eigenvalue weighted by atomic mass is 16.7. The number of fused-ring (bicyclic) bond motifs is 1. The first-order chi connectivity index (χ1) is 15.2. The number of para-hydroxylation sites is 1. The zero-order valence-corrected chi connectivity index (χ0v) is 17.4. The molecule has 2 aromatic carbocycles. The Kier molecular flexibility index (Phi) is 8.34. The molecule has 0 aliphatic carbocycles. The van der Waals surface area contributed by atoms with Gasteiger partial charge in [0.05, 0.1) is 20.3 Å². The fourth-order valence-corrected chi connectivity index (χ4v) is 3.44. The van der Waals surface area contributed by atoms with E-state index in [0.717, 1.165) is 24.2 Å². The van der Waals surface area contributed by atoms with Gasteiger partial charge in [0, 0.05) is 36.8 Å². The quantitative estimate of drug-likeness (QED) is 0.633. The van der Waals surface area contributed by atoms with E-state index in [1.165, 1.54) is 0 Å². The van der Waals surface area contributed by atoms with Crippen molar-refractivity contribution >= 4 is 6.47 Å². The van der Waals surface area contributed by atoms with Crippen LogP contribution in [-0.4, -0.2) is 81.0 Å². The Bertz CT molecular complexity index is 853. The fourth-order valence-electron chi connectivity index (χ4n) is 3.44. The normalized spacial score (nSPS) is 16.1. The maximum absolute atomic E-state index is 10.4. The van der Waals surface area contributed by atoms with Gasteiger partial charge in [-0.2, -0.15) is 0 Å². The molecule has 2 heterocycles. The molecule has 31 heavy (non-hydrogen) atoms. The molecule has 0 spiro atoms. The molecule has 2 aliphatic heterocycles. The molecule has 9 nitrogen and oxygen atoms in total. The number of nitrogens with zero attached hydrogens (tertiary/aromatic N) is 1. The van der Waals surface area contributed by atoms with Crippen molar-refractivity contribution in [2.75, 3.05) is 53.4 Å². The lowest BCUT2D eigenvalue weighted by molar-refractivity contribution is -0.122. The molecule has 2 aromatic rings. The van der Waals surface area contributed by atoms with E-state index in [1.54, 1.807) is 7.11 Å². The van der Waals surface area contributed by atoms with Crippen molar-refractivity contribution in [3.05, 3.63) is 36.4 Å². The van der Waals surface area contributed by atoms with Gasteiger partial charge in [-0.15, -0.1) is 0 Å². The van der Waals surface area contributed by atoms with Gasteiger partial charge in [0.2, 0.25) is 6.79 Å². The number of morpholine rings is 1. The molecule has 1 saturated heterocycles. The van der Waals surface area contributed by atoms with E-state index in [0.29, 0.717) is 42.8 Å². The standard InChI is InChI=1S/C21H25NO6.CH2O2/c1-24-19-11-21-20(27-14-28-21)10-17(19)16-4-2-3-5-18(16)26-13-15(23)12-22-6-8-25-9-7-22;2-1-3/h2-5,10-11,15,23H,6-9,12-14H2,1H3;1H,(H,2,3). The SMILES string of the molecule is COc1cc2c(cc1-c1ccccc1OCC(O)CN1CCOCC1)OCO2.O=CO. The Morgan fingerprint density at radius 2 is 1.77 bits per heavy atom. The molecule has 1 unspecified atom stereocenters. The number of carbonyl (C=O) groups is 1. The van der Waals surface area contributed by atoms with Crippen LogP contribution in [0.1, 0.15) is 0 Å². The molecule has 4 rings (SSSR count). The van der Waals surface area contributed by atoms with E-state index in [9.17, 15) is 5.11 Å². The first-order valence-corrected chi connectivity index (χ1v) is 9.92. The summed E-state index contributed by atoms with van der Waals surface area (Å²) < 4.78 is 27.8. The number of aliphatic hydroxyl groups is 1. The van der Waals surface area contributed by atoms with Crippen LogP contribution in [0.15, 0.2) is 36.4 Å². The zero-order chi connectivity index (χ0) is 22.1. The maximum Gasteiger partial charge on any atom is 0.290 e. The summed E-state index contributed by atoms with van der Waals surface area (Å²) in [5.41, 5.74) is 1.72. The van der Waals surface area contributed by atoms with Gasteiger partial charge >= 0.3 is 0 Å². The van der Waals surface area contributed by atoms with Crippen LogP contribution >= 0.6 is 0 Å². The molecular formula is C22H27NO8. The number of carboxylic acid groups (broad SMARTS) is 1. The Morgan fingerprint density at radius 3 is 2.48 bits per heavy atom. The smallest absolute Gasteiger partial charge is 0.290 e. The predicted octanol–water partition coefficient (Wildman–Crippen LogP) is 1.86. The summed E-state index contributed by atoms with van der Waals surface area (Å²) >= 11 is 0. The van der Waals surface area contributed by atoms with Gasteiger partial charge in [-0.05, 0) is 12.1 Å².